The van der Waals surface area contributed by atoms with Crippen LogP contribution in [0.25, 0.3) is 10.9 Å². The largest absolute Gasteiger partial charge is 0.497 e. The molecule has 0 fully saturated rings. The summed E-state index contributed by atoms with van der Waals surface area (Å²) in [6.45, 7) is 0.238. The van der Waals surface area contributed by atoms with E-state index in [1.807, 2.05) is 0 Å². The van der Waals surface area contributed by atoms with Crippen molar-refractivity contribution in [3.05, 3.63) is 74.6 Å². The highest BCUT2D eigenvalue weighted by atomic mass is 19.1. The summed E-state index contributed by atoms with van der Waals surface area (Å²) in [5, 5.41) is 11.1. The Morgan fingerprint density at radius 1 is 1.28 bits per heavy atom. The van der Waals surface area contributed by atoms with Crippen molar-refractivity contribution in [2.45, 2.75) is 13.0 Å². The first kappa shape index (κ1) is 16.6. The fourth-order valence-corrected chi connectivity index (χ4v) is 2.52. The highest BCUT2D eigenvalue weighted by molar-refractivity contribution is 5.79. The number of nitro groups is 1. The van der Waals surface area contributed by atoms with Gasteiger partial charge in [-0.15, -0.1) is 0 Å². The number of hydrogen-bond donors (Lipinski definition) is 0. The zero-order valence-corrected chi connectivity index (χ0v) is 13.3. The lowest BCUT2D eigenvalue weighted by Gasteiger charge is -2.08. The second-order valence-electron chi connectivity index (χ2n) is 5.41. The number of ether oxygens (including phenoxy) is 1. The molecular formula is C17H14FN3O4. The predicted octanol–water partition coefficient (Wildman–Crippen LogP) is 2.70. The molecule has 25 heavy (non-hydrogen) atoms. The molecule has 0 saturated carbocycles. The molecule has 1 heterocycles. The Kier molecular flexibility index (Phi) is 4.42. The molecule has 0 saturated heterocycles. The summed E-state index contributed by atoms with van der Waals surface area (Å²) in [6, 6.07) is 8.45. The number of benzene rings is 2. The fraction of sp³-hybridized carbons (Fsp3) is 0.176. The molecule has 0 spiro atoms. The van der Waals surface area contributed by atoms with Crippen LogP contribution in [0.15, 0.2) is 47.5 Å². The van der Waals surface area contributed by atoms with Crippen LogP contribution in [-0.2, 0) is 13.0 Å². The van der Waals surface area contributed by atoms with Gasteiger partial charge >= 0.3 is 0 Å². The van der Waals surface area contributed by atoms with Gasteiger partial charge in [0.25, 0.3) is 11.2 Å². The normalized spacial score (nSPS) is 10.8. The van der Waals surface area contributed by atoms with E-state index in [9.17, 15) is 19.3 Å². The van der Waals surface area contributed by atoms with Crippen LogP contribution in [-0.4, -0.2) is 21.6 Å². The van der Waals surface area contributed by atoms with Crippen LogP contribution in [0, 0.1) is 15.9 Å². The number of hydrogen-bond acceptors (Lipinski definition) is 5. The molecular weight excluding hydrogens is 329 g/mol. The third-order valence-corrected chi connectivity index (χ3v) is 3.90. The van der Waals surface area contributed by atoms with Gasteiger partial charge in [0, 0.05) is 24.7 Å². The molecule has 0 atom stereocenters. The minimum Gasteiger partial charge on any atom is -0.497 e. The fourth-order valence-electron chi connectivity index (χ4n) is 2.52. The molecule has 128 valence electrons. The zero-order valence-electron chi connectivity index (χ0n) is 13.3. The summed E-state index contributed by atoms with van der Waals surface area (Å²) in [5.41, 5.74) is 0.258. The van der Waals surface area contributed by atoms with E-state index in [2.05, 4.69) is 4.98 Å². The van der Waals surface area contributed by atoms with Crippen molar-refractivity contribution in [1.82, 2.24) is 9.55 Å². The van der Waals surface area contributed by atoms with Gasteiger partial charge in [-0.3, -0.25) is 19.5 Å². The Labute approximate surface area is 141 Å². The molecule has 0 radical (unpaired) electrons. The quantitative estimate of drug-likeness (QED) is 0.525. The molecule has 2 aromatic carbocycles. The predicted molar refractivity (Wildman–Crippen MR) is 89.3 cm³/mol. The minimum atomic E-state index is -0.543. The lowest BCUT2D eigenvalue weighted by Crippen LogP contribution is -2.21. The van der Waals surface area contributed by atoms with Crippen LogP contribution in [0.4, 0.5) is 10.1 Å². The molecule has 3 aromatic rings. The number of fused-ring (bicyclic) bond motifs is 1. The van der Waals surface area contributed by atoms with Crippen molar-refractivity contribution in [3.8, 4) is 5.75 Å². The molecule has 1 aromatic heterocycles. The summed E-state index contributed by atoms with van der Waals surface area (Å²) < 4.78 is 20.3. The molecule has 0 amide bonds. The standard InChI is InChI=1S/C17H14FN3O4/c1-25-13-4-2-11(15(18)9-13)6-7-20-10-19-16-8-12(21(23)24)3-5-14(16)17(20)22/h2-5,8-10H,6-7H2,1H3. The summed E-state index contributed by atoms with van der Waals surface area (Å²) in [6.07, 6.45) is 1.62. The summed E-state index contributed by atoms with van der Waals surface area (Å²) >= 11 is 0. The van der Waals surface area contributed by atoms with Crippen molar-refractivity contribution < 1.29 is 14.1 Å². The lowest BCUT2D eigenvalue weighted by atomic mass is 10.1. The summed E-state index contributed by atoms with van der Waals surface area (Å²) in [4.78, 5) is 26.8. The first-order chi connectivity index (χ1) is 12.0. The molecule has 7 nitrogen and oxygen atoms in total. The van der Waals surface area contributed by atoms with E-state index >= 15 is 0 Å². The van der Waals surface area contributed by atoms with Crippen molar-refractivity contribution in [2.75, 3.05) is 7.11 Å². The van der Waals surface area contributed by atoms with Crippen LogP contribution in [0.1, 0.15) is 5.56 Å². The Hall–Kier alpha value is -3.29. The minimum absolute atomic E-state index is 0.127. The van der Waals surface area contributed by atoms with E-state index < -0.39 is 10.7 Å². The smallest absolute Gasteiger partial charge is 0.271 e. The number of methoxy groups -OCH3 is 1. The number of halogens is 1. The van der Waals surface area contributed by atoms with Gasteiger partial charge in [0.15, 0.2) is 0 Å². The second-order valence-corrected chi connectivity index (χ2v) is 5.41. The number of nitro benzene ring substituents is 1. The average molecular weight is 343 g/mol. The Bertz CT molecular complexity index is 1020. The van der Waals surface area contributed by atoms with Crippen molar-refractivity contribution >= 4 is 16.6 Å². The molecule has 0 bridgehead atoms. The monoisotopic (exact) mass is 343 g/mol. The molecule has 3 rings (SSSR count). The lowest BCUT2D eigenvalue weighted by molar-refractivity contribution is -0.384. The first-order valence-corrected chi connectivity index (χ1v) is 7.45. The molecule has 8 heteroatoms. The third-order valence-electron chi connectivity index (χ3n) is 3.90. The van der Waals surface area contributed by atoms with Gasteiger partial charge in [-0.05, 0) is 24.1 Å². The number of rotatable bonds is 5. The molecule has 0 aliphatic rings. The van der Waals surface area contributed by atoms with Crippen LogP contribution >= 0.6 is 0 Å². The highest BCUT2D eigenvalue weighted by Gasteiger charge is 2.11. The van der Waals surface area contributed by atoms with Gasteiger partial charge in [0.2, 0.25) is 0 Å². The summed E-state index contributed by atoms with van der Waals surface area (Å²) in [7, 11) is 1.46. The first-order valence-electron chi connectivity index (χ1n) is 7.45. The van der Waals surface area contributed by atoms with E-state index in [0.29, 0.717) is 17.7 Å². The average Bonchev–Trinajstić information content (AvgIpc) is 2.61. The Balaban J connectivity index is 1.87. The topological polar surface area (TPSA) is 87.3 Å². The van der Waals surface area contributed by atoms with E-state index in [1.165, 1.54) is 42.3 Å². The van der Waals surface area contributed by atoms with Gasteiger partial charge in [0.05, 0.1) is 29.3 Å². The number of non-ortho nitro benzene ring substituents is 1. The van der Waals surface area contributed by atoms with Gasteiger partial charge < -0.3 is 4.74 Å². The molecule has 0 aliphatic heterocycles. The molecule has 0 unspecified atom stereocenters. The Morgan fingerprint density at radius 3 is 2.76 bits per heavy atom. The van der Waals surface area contributed by atoms with E-state index in [-0.39, 0.29) is 28.7 Å². The van der Waals surface area contributed by atoms with E-state index in [1.54, 1.807) is 12.1 Å². The number of nitrogens with zero attached hydrogens (tertiary/aromatic N) is 3. The third kappa shape index (κ3) is 3.32. The maximum absolute atomic E-state index is 14.0. The van der Waals surface area contributed by atoms with Crippen molar-refractivity contribution in [3.63, 3.8) is 0 Å². The maximum atomic E-state index is 14.0. The van der Waals surface area contributed by atoms with E-state index in [4.69, 9.17) is 4.74 Å². The van der Waals surface area contributed by atoms with Crippen LogP contribution in [0.5, 0.6) is 5.75 Å². The van der Waals surface area contributed by atoms with E-state index in [0.717, 1.165) is 0 Å². The summed E-state index contributed by atoms with van der Waals surface area (Å²) in [5.74, 6) is 0.0177. The number of aromatic nitrogens is 2. The maximum Gasteiger partial charge on any atom is 0.271 e. The van der Waals surface area contributed by atoms with Crippen molar-refractivity contribution in [2.24, 2.45) is 0 Å². The van der Waals surface area contributed by atoms with Crippen LogP contribution < -0.4 is 10.3 Å². The van der Waals surface area contributed by atoms with Gasteiger partial charge in [-0.2, -0.15) is 0 Å². The van der Waals surface area contributed by atoms with Crippen LogP contribution in [0.3, 0.4) is 0 Å². The Morgan fingerprint density at radius 2 is 2.08 bits per heavy atom. The highest BCUT2D eigenvalue weighted by Crippen LogP contribution is 2.18. The van der Waals surface area contributed by atoms with Gasteiger partial charge in [-0.25, -0.2) is 9.37 Å². The second kappa shape index (κ2) is 6.68. The number of aryl methyl sites for hydroxylation is 2. The van der Waals surface area contributed by atoms with Crippen LogP contribution in [0.2, 0.25) is 0 Å². The zero-order chi connectivity index (χ0) is 18.0. The molecule has 0 aliphatic carbocycles. The SMILES string of the molecule is COc1ccc(CCn2cnc3cc([N+](=O)[O-])ccc3c2=O)c(F)c1. The van der Waals surface area contributed by atoms with Gasteiger partial charge in [-0.1, -0.05) is 6.07 Å². The van der Waals surface area contributed by atoms with Gasteiger partial charge in [0.1, 0.15) is 11.6 Å². The molecule has 0 N–H and O–H groups in total. The van der Waals surface area contributed by atoms with Crippen molar-refractivity contribution in [1.29, 1.82) is 0 Å².